The van der Waals surface area contributed by atoms with E-state index in [2.05, 4.69) is 39.3 Å². The number of pyridine rings is 2. The molecule has 8 heteroatoms. The van der Waals surface area contributed by atoms with Crippen LogP contribution in [0.3, 0.4) is 0 Å². The molecule has 1 fully saturated rings. The van der Waals surface area contributed by atoms with E-state index in [0.29, 0.717) is 23.2 Å². The minimum atomic E-state index is -0.280. The molecule has 2 atom stereocenters. The summed E-state index contributed by atoms with van der Waals surface area (Å²) in [5.74, 6) is 1.10. The Labute approximate surface area is 170 Å². The number of nitrogens with one attached hydrogen (secondary N) is 2. The zero-order valence-electron chi connectivity index (χ0n) is 16.9. The van der Waals surface area contributed by atoms with Gasteiger partial charge in [0.15, 0.2) is 5.82 Å². The average Bonchev–Trinajstić information content (AvgIpc) is 3.12. The highest BCUT2D eigenvalue weighted by atomic mass is 16.2. The first-order valence-electron chi connectivity index (χ1n) is 10.0. The van der Waals surface area contributed by atoms with E-state index in [1.807, 2.05) is 19.1 Å². The van der Waals surface area contributed by atoms with Gasteiger partial charge in [0.05, 0.1) is 11.7 Å². The molecule has 2 bridgehead atoms. The number of carbonyl (C=O) groups is 2. The fraction of sp³-hybridized carbons (Fsp3) is 0.429. The summed E-state index contributed by atoms with van der Waals surface area (Å²) >= 11 is 0. The van der Waals surface area contributed by atoms with Gasteiger partial charge in [0, 0.05) is 25.3 Å². The van der Waals surface area contributed by atoms with E-state index >= 15 is 0 Å². The van der Waals surface area contributed by atoms with Crippen molar-refractivity contribution in [2.24, 2.45) is 5.92 Å². The van der Waals surface area contributed by atoms with Gasteiger partial charge in [-0.3, -0.25) is 15.0 Å². The van der Waals surface area contributed by atoms with E-state index in [-0.39, 0.29) is 24.0 Å². The molecule has 4 heterocycles. The number of urea groups is 1. The smallest absolute Gasteiger partial charge is 0.329 e. The molecule has 1 saturated heterocycles. The van der Waals surface area contributed by atoms with Gasteiger partial charge in [-0.2, -0.15) is 0 Å². The highest BCUT2D eigenvalue weighted by molar-refractivity contribution is 6.05. The minimum Gasteiger partial charge on any atom is -0.366 e. The lowest BCUT2D eigenvalue weighted by Gasteiger charge is -2.35. The molecule has 2 aliphatic heterocycles. The van der Waals surface area contributed by atoms with Gasteiger partial charge in [-0.05, 0) is 43.5 Å². The molecular formula is C21H26N6O2. The monoisotopic (exact) mass is 394 g/mol. The topological polar surface area (TPSA) is 90.5 Å². The van der Waals surface area contributed by atoms with Crippen molar-refractivity contribution in [3.8, 4) is 0 Å². The predicted octanol–water partition coefficient (Wildman–Crippen LogP) is 2.88. The largest absolute Gasteiger partial charge is 0.366 e. The van der Waals surface area contributed by atoms with Crippen molar-refractivity contribution < 1.29 is 9.59 Å². The molecule has 0 aromatic carbocycles. The lowest BCUT2D eigenvalue weighted by Crippen LogP contribution is -2.48. The van der Waals surface area contributed by atoms with Crippen molar-refractivity contribution >= 4 is 29.3 Å². The van der Waals surface area contributed by atoms with Crippen LogP contribution in [0.1, 0.15) is 37.7 Å². The summed E-state index contributed by atoms with van der Waals surface area (Å²) < 4.78 is 0. The molecule has 4 rings (SSSR count). The molecule has 29 heavy (non-hydrogen) atoms. The maximum absolute atomic E-state index is 13.1. The Bertz CT molecular complexity index is 917. The van der Waals surface area contributed by atoms with Gasteiger partial charge >= 0.3 is 6.03 Å². The van der Waals surface area contributed by atoms with Crippen molar-refractivity contribution in [3.63, 3.8) is 0 Å². The first-order valence-corrected chi connectivity index (χ1v) is 10.0. The molecule has 0 spiro atoms. The van der Waals surface area contributed by atoms with E-state index in [0.717, 1.165) is 25.2 Å². The summed E-state index contributed by atoms with van der Waals surface area (Å²) in [7, 11) is 0. The Balaban J connectivity index is 1.63. The Hall–Kier alpha value is -3.16. The van der Waals surface area contributed by atoms with E-state index < -0.39 is 0 Å². The summed E-state index contributed by atoms with van der Waals surface area (Å²) in [6, 6.07) is 8.75. The molecule has 2 N–H and O–H groups in total. The fourth-order valence-corrected chi connectivity index (χ4v) is 3.65. The predicted molar refractivity (Wildman–Crippen MR) is 112 cm³/mol. The summed E-state index contributed by atoms with van der Waals surface area (Å²) in [5, 5.41) is 5.83. The van der Waals surface area contributed by atoms with Crippen LogP contribution < -0.4 is 20.4 Å². The normalized spacial score (nSPS) is 18.4. The average molecular weight is 394 g/mol. The molecular weight excluding hydrogens is 368 g/mol. The van der Waals surface area contributed by atoms with Crippen LogP contribution in [0.15, 0.2) is 36.5 Å². The second-order valence-electron chi connectivity index (χ2n) is 7.95. The standard InChI is InChI=1S/C21H26N6O2/c1-13(2)14(3)23-20(28)16-7-8-17-19(24-16)27(15-9-11-26(17)12-15)21(29)25-18-6-4-5-10-22-18/h4-8,10,13-15H,9,11-12H2,1-3H3,(H,23,28)(H,22,25,29)/t14?,15-/m0/s1. The van der Waals surface area contributed by atoms with Gasteiger partial charge in [-0.15, -0.1) is 0 Å². The minimum absolute atomic E-state index is 0.0200. The molecule has 152 valence electrons. The highest BCUT2D eigenvalue weighted by Gasteiger charge is 2.40. The number of fused-ring (bicyclic) bond motifs is 4. The molecule has 3 amide bonds. The van der Waals surface area contributed by atoms with Gasteiger partial charge in [0.2, 0.25) is 0 Å². The molecule has 0 radical (unpaired) electrons. The van der Waals surface area contributed by atoms with Crippen LogP contribution in [0.25, 0.3) is 0 Å². The molecule has 8 nitrogen and oxygen atoms in total. The van der Waals surface area contributed by atoms with Crippen LogP contribution in [0.4, 0.5) is 22.1 Å². The van der Waals surface area contributed by atoms with Crippen molar-refractivity contribution in [2.45, 2.75) is 39.3 Å². The van der Waals surface area contributed by atoms with Crippen molar-refractivity contribution in [1.29, 1.82) is 0 Å². The summed E-state index contributed by atoms with van der Waals surface area (Å²) in [6.45, 7) is 7.71. The summed E-state index contributed by atoms with van der Waals surface area (Å²) in [4.78, 5) is 38.4. The van der Waals surface area contributed by atoms with Crippen molar-refractivity contribution in [3.05, 3.63) is 42.2 Å². The second-order valence-corrected chi connectivity index (χ2v) is 7.95. The summed E-state index contributed by atoms with van der Waals surface area (Å²) in [5.41, 5.74) is 1.19. The lowest BCUT2D eigenvalue weighted by atomic mass is 10.1. The van der Waals surface area contributed by atoms with Crippen LogP contribution in [0.5, 0.6) is 0 Å². The number of anilines is 3. The summed E-state index contributed by atoms with van der Waals surface area (Å²) in [6.07, 6.45) is 2.49. The molecule has 0 aliphatic carbocycles. The number of nitrogens with zero attached hydrogens (tertiary/aromatic N) is 4. The van der Waals surface area contributed by atoms with E-state index in [4.69, 9.17) is 0 Å². The number of hydrogen-bond acceptors (Lipinski definition) is 5. The fourth-order valence-electron chi connectivity index (χ4n) is 3.65. The molecule has 0 saturated carbocycles. The van der Waals surface area contributed by atoms with Crippen molar-refractivity contribution in [1.82, 2.24) is 15.3 Å². The molecule has 2 aliphatic rings. The Morgan fingerprint density at radius 1 is 1.17 bits per heavy atom. The zero-order chi connectivity index (χ0) is 20.5. The quantitative estimate of drug-likeness (QED) is 0.832. The maximum Gasteiger partial charge on any atom is 0.329 e. The van der Waals surface area contributed by atoms with Crippen LogP contribution in [-0.2, 0) is 0 Å². The Kier molecular flexibility index (Phi) is 5.08. The van der Waals surface area contributed by atoms with Crippen molar-refractivity contribution in [2.75, 3.05) is 28.2 Å². The van der Waals surface area contributed by atoms with Gasteiger partial charge in [-0.25, -0.2) is 14.8 Å². The molecule has 2 aromatic heterocycles. The third-order valence-electron chi connectivity index (χ3n) is 5.66. The number of aromatic nitrogens is 2. The molecule has 2 aromatic rings. The maximum atomic E-state index is 13.1. The number of carbonyl (C=O) groups excluding carboxylic acids is 2. The second kappa shape index (κ2) is 7.69. The van der Waals surface area contributed by atoms with Crippen LogP contribution in [0, 0.1) is 5.92 Å². The number of amides is 3. The molecule has 1 unspecified atom stereocenters. The lowest BCUT2D eigenvalue weighted by molar-refractivity contribution is 0.0925. The van der Waals surface area contributed by atoms with E-state index in [9.17, 15) is 9.59 Å². The number of hydrogen-bond donors (Lipinski definition) is 2. The first kappa shape index (κ1) is 19.2. The van der Waals surface area contributed by atoms with E-state index in [1.54, 1.807) is 29.3 Å². The third kappa shape index (κ3) is 3.74. The first-order chi connectivity index (χ1) is 13.9. The SMILES string of the molecule is CC(C)C(C)NC(=O)c1ccc2c(n1)N(C(=O)Nc1ccccn1)[C@H]1CCN2C1. The third-order valence-corrected chi connectivity index (χ3v) is 5.66. The zero-order valence-corrected chi connectivity index (χ0v) is 16.9. The van der Waals surface area contributed by atoms with E-state index in [1.165, 1.54) is 0 Å². The van der Waals surface area contributed by atoms with Crippen LogP contribution in [-0.4, -0.2) is 47.1 Å². The Morgan fingerprint density at radius 3 is 2.72 bits per heavy atom. The van der Waals surface area contributed by atoms with Gasteiger partial charge < -0.3 is 10.2 Å². The number of rotatable bonds is 4. The Morgan fingerprint density at radius 2 is 2.00 bits per heavy atom. The van der Waals surface area contributed by atoms with Crippen LogP contribution in [0.2, 0.25) is 0 Å². The van der Waals surface area contributed by atoms with Gasteiger partial charge in [0.25, 0.3) is 5.91 Å². The van der Waals surface area contributed by atoms with Gasteiger partial charge in [0.1, 0.15) is 11.5 Å². The van der Waals surface area contributed by atoms with Crippen LogP contribution >= 0.6 is 0 Å². The highest BCUT2D eigenvalue weighted by Crippen LogP contribution is 2.39. The van der Waals surface area contributed by atoms with Gasteiger partial charge in [-0.1, -0.05) is 19.9 Å².